The molecule has 2 aromatic rings. The molecule has 80 valence electrons. The topological polar surface area (TPSA) is 29.3 Å². The highest BCUT2D eigenvalue weighted by atomic mass is 32.2. The molecule has 0 aliphatic heterocycles. The number of fused-ring (bicyclic) bond motifs is 1. The summed E-state index contributed by atoms with van der Waals surface area (Å²) in [5.74, 6) is 1.09. The highest BCUT2D eigenvalue weighted by Crippen LogP contribution is 2.18. The van der Waals surface area contributed by atoms with Crippen LogP contribution in [0, 0.1) is 0 Å². The van der Waals surface area contributed by atoms with Crippen molar-refractivity contribution < 1.29 is 0 Å². The monoisotopic (exact) mass is 221 g/mol. The average Bonchev–Trinajstić information content (AvgIpc) is 2.73. The van der Waals surface area contributed by atoms with Gasteiger partial charge in [0, 0.05) is 24.7 Å². The van der Waals surface area contributed by atoms with Crippen molar-refractivity contribution in [2.24, 2.45) is 0 Å². The molecule has 3 nitrogen and oxygen atoms in total. The Bertz CT molecular complexity index is 424. The van der Waals surface area contributed by atoms with Gasteiger partial charge in [0.15, 0.2) is 0 Å². The van der Waals surface area contributed by atoms with Gasteiger partial charge in [0.25, 0.3) is 0 Å². The molecule has 2 aromatic heterocycles. The lowest BCUT2D eigenvalue weighted by Gasteiger charge is -2.04. The fourth-order valence-electron chi connectivity index (χ4n) is 1.44. The molecule has 0 aliphatic rings. The summed E-state index contributed by atoms with van der Waals surface area (Å²) in [5.41, 5.74) is 1.02. The van der Waals surface area contributed by atoms with Gasteiger partial charge >= 0.3 is 0 Å². The van der Waals surface area contributed by atoms with Crippen LogP contribution in [0.4, 0.5) is 0 Å². The molecule has 4 heteroatoms. The molecule has 15 heavy (non-hydrogen) atoms. The minimum absolute atomic E-state index is 1.02. The summed E-state index contributed by atoms with van der Waals surface area (Å²) in [6.07, 6.45) is 3.84. The van der Waals surface area contributed by atoms with Crippen molar-refractivity contribution in [2.45, 2.75) is 11.9 Å². The predicted octanol–water partition coefficient (Wildman–Crippen LogP) is 2.04. The molecule has 0 spiro atoms. The fourth-order valence-corrected chi connectivity index (χ4v) is 2.37. The number of imidazole rings is 1. The number of thioether (sulfide) groups is 1. The predicted molar refractivity (Wildman–Crippen MR) is 64.5 cm³/mol. The first kappa shape index (κ1) is 10.5. The number of nitrogens with one attached hydrogen (secondary N) is 1. The molecule has 0 saturated carbocycles. The lowest BCUT2D eigenvalue weighted by atomic mass is 10.5. The zero-order chi connectivity index (χ0) is 10.5. The van der Waals surface area contributed by atoms with E-state index in [0.29, 0.717) is 0 Å². The summed E-state index contributed by atoms with van der Waals surface area (Å²) in [6.45, 7) is 4.21. The lowest BCUT2D eigenvalue weighted by molar-refractivity contribution is 0.767. The van der Waals surface area contributed by atoms with E-state index in [2.05, 4.69) is 33.8 Å². The fraction of sp³-hybridized carbons (Fsp3) is 0.364. The normalized spacial score (nSPS) is 11.0. The molecular formula is C11H15N3S. The van der Waals surface area contributed by atoms with Gasteiger partial charge in [-0.25, -0.2) is 4.98 Å². The number of aromatic nitrogens is 2. The van der Waals surface area contributed by atoms with Crippen molar-refractivity contribution in [1.29, 1.82) is 0 Å². The van der Waals surface area contributed by atoms with Crippen LogP contribution in [0.1, 0.15) is 6.92 Å². The third-order valence-electron chi connectivity index (χ3n) is 2.17. The van der Waals surface area contributed by atoms with Crippen molar-refractivity contribution in [3.8, 4) is 0 Å². The van der Waals surface area contributed by atoms with E-state index in [1.807, 2.05) is 30.2 Å². The molecule has 0 amide bonds. The van der Waals surface area contributed by atoms with Gasteiger partial charge in [0.2, 0.25) is 0 Å². The molecule has 0 aliphatic carbocycles. The van der Waals surface area contributed by atoms with Gasteiger partial charge in [0.1, 0.15) is 5.65 Å². The summed E-state index contributed by atoms with van der Waals surface area (Å²) >= 11 is 1.85. The first-order chi connectivity index (χ1) is 7.42. The minimum atomic E-state index is 1.02. The second kappa shape index (κ2) is 5.19. The molecule has 0 fully saturated rings. The number of rotatable bonds is 5. The van der Waals surface area contributed by atoms with Gasteiger partial charge < -0.3 is 5.32 Å². The van der Waals surface area contributed by atoms with E-state index in [1.54, 1.807) is 0 Å². The molecule has 0 unspecified atom stereocenters. The summed E-state index contributed by atoms with van der Waals surface area (Å²) in [7, 11) is 0. The van der Waals surface area contributed by atoms with E-state index in [0.717, 1.165) is 24.5 Å². The van der Waals surface area contributed by atoms with Crippen LogP contribution in [-0.4, -0.2) is 28.2 Å². The van der Waals surface area contributed by atoms with Crippen LogP contribution < -0.4 is 5.32 Å². The molecular weight excluding hydrogens is 206 g/mol. The Labute approximate surface area is 93.9 Å². The minimum Gasteiger partial charge on any atom is -0.316 e. The Balaban J connectivity index is 2.04. The van der Waals surface area contributed by atoms with Crippen LogP contribution >= 0.6 is 11.8 Å². The molecule has 0 saturated heterocycles. The smallest absolute Gasteiger partial charge is 0.137 e. The third kappa shape index (κ3) is 2.52. The van der Waals surface area contributed by atoms with Gasteiger partial charge in [-0.1, -0.05) is 13.0 Å². The van der Waals surface area contributed by atoms with Gasteiger partial charge in [-0.3, -0.25) is 4.40 Å². The van der Waals surface area contributed by atoms with Crippen molar-refractivity contribution in [3.63, 3.8) is 0 Å². The molecule has 2 heterocycles. The van der Waals surface area contributed by atoms with Crippen LogP contribution in [0.2, 0.25) is 0 Å². The second-order valence-corrected chi connectivity index (χ2v) is 4.34. The Morgan fingerprint density at radius 2 is 2.40 bits per heavy atom. The van der Waals surface area contributed by atoms with Crippen molar-refractivity contribution in [1.82, 2.24) is 14.7 Å². The Morgan fingerprint density at radius 3 is 3.27 bits per heavy atom. The van der Waals surface area contributed by atoms with Crippen molar-refractivity contribution in [2.75, 3.05) is 18.8 Å². The summed E-state index contributed by atoms with van der Waals surface area (Å²) in [5, 5.41) is 4.57. The standard InChI is InChI=1S/C11H15N3S/c1-2-12-7-9-15-11-5-3-4-10-13-6-8-14(10)11/h3-6,8,12H,2,7,9H2,1H3. The molecule has 0 aromatic carbocycles. The summed E-state index contributed by atoms with van der Waals surface area (Å²) in [6, 6.07) is 6.21. The zero-order valence-electron chi connectivity index (χ0n) is 8.81. The lowest BCUT2D eigenvalue weighted by Crippen LogP contribution is -2.15. The molecule has 2 rings (SSSR count). The maximum Gasteiger partial charge on any atom is 0.137 e. The zero-order valence-corrected chi connectivity index (χ0v) is 9.63. The Morgan fingerprint density at radius 1 is 1.47 bits per heavy atom. The Hall–Kier alpha value is -1.00. The van der Waals surface area contributed by atoms with Gasteiger partial charge in [-0.2, -0.15) is 0 Å². The largest absolute Gasteiger partial charge is 0.316 e. The molecule has 0 atom stereocenters. The van der Waals surface area contributed by atoms with E-state index in [4.69, 9.17) is 0 Å². The Kier molecular flexibility index (Phi) is 3.64. The van der Waals surface area contributed by atoms with E-state index in [9.17, 15) is 0 Å². The van der Waals surface area contributed by atoms with Crippen LogP contribution in [0.3, 0.4) is 0 Å². The van der Waals surface area contributed by atoms with E-state index < -0.39 is 0 Å². The number of nitrogens with zero attached hydrogens (tertiary/aromatic N) is 2. The van der Waals surface area contributed by atoms with Crippen LogP contribution in [0.15, 0.2) is 35.6 Å². The van der Waals surface area contributed by atoms with Crippen LogP contribution in [0.5, 0.6) is 0 Å². The second-order valence-electron chi connectivity index (χ2n) is 3.22. The molecule has 0 bridgehead atoms. The van der Waals surface area contributed by atoms with E-state index >= 15 is 0 Å². The van der Waals surface area contributed by atoms with Crippen molar-refractivity contribution >= 4 is 17.4 Å². The maximum absolute atomic E-state index is 4.26. The summed E-state index contributed by atoms with van der Waals surface area (Å²) < 4.78 is 2.12. The SMILES string of the molecule is CCNCCSc1cccc2nccn12. The number of hydrogen-bond acceptors (Lipinski definition) is 3. The van der Waals surface area contributed by atoms with Gasteiger partial charge in [0.05, 0.1) is 5.03 Å². The number of hydrogen-bond donors (Lipinski definition) is 1. The van der Waals surface area contributed by atoms with Gasteiger partial charge in [-0.05, 0) is 18.7 Å². The van der Waals surface area contributed by atoms with E-state index in [1.165, 1.54) is 5.03 Å². The van der Waals surface area contributed by atoms with Crippen LogP contribution in [0.25, 0.3) is 5.65 Å². The van der Waals surface area contributed by atoms with Crippen LogP contribution in [-0.2, 0) is 0 Å². The van der Waals surface area contributed by atoms with Crippen molar-refractivity contribution in [3.05, 3.63) is 30.6 Å². The highest BCUT2D eigenvalue weighted by Gasteiger charge is 1.99. The quantitative estimate of drug-likeness (QED) is 0.619. The first-order valence-electron chi connectivity index (χ1n) is 5.17. The number of pyridine rings is 1. The van der Waals surface area contributed by atoms with E-state index in [-0.39, 0.29) is 0 Å². The highest BCUT2D eigenvalue weighted by molar-refractivity contribution is 7.99. The summed E-state index contributed by atoms with van der Waals surface area (Å²) in [4.78, 5) is 4.26. The average molecular weight is 221 g/mol. The molecule has 1 N–H and O–H groups in total. The van der Waals surface area contributed by atoms with Gasteiger partial charge in [-0.15, -0.1) is 11.8 Å². The molecule has 0 radical (unpaired) electrons. The first-order valence-corrected chi connectivity index (χ1v) is 6.16. The maximum atomic E-state index is 4.26. The third-order valence-corrected chi connectivity index (χ3v) is 3.21.